The highest BCUT2D eigenvalue weighted by atomic mass is 16.3. The zero-order chi connectivity index (χ0) is 23.8. The van der Waals surface area contributed by atoms with Crippen molar-refractivity contribution < 1.29 is 4.42 Å². The standard InChI is InChI=1S/C24H31N9O/c1-23(2,17-8-5-4-6-9-17)27-21-26-22(33-13-11-32(3)12-14-33)29-24(25,28-21)20-16-18(30-31-20)19-10-7-15-34-19/h4-10,15-16H,11-14,25H2,1-3H3,(H,30,31)(H2,26,27,28,29). The van der Waals surface area contributed by atoms with E-state index in [9.17, 15) is 0 Å². The highest BCUT2D eigenvalue weighted by Gasteiger charge is 2.37. The largest absolute Gasteiger partial charge is 0.463 e. The maximum Gasteiger partial charge on any atom is 0.252 e. The lowest BCUT2D eigenvalue weighted by Crippen LogP contribution is -2.60. The molecule has 0 saturated carbocycles. The van der Waals surface area contributed by atoms with Crippen molar-refractivity contribution in [3.8, 4) is 11.5 Å². The third kappa shape index (κ3) is 4.42. The van der Waals surface area contributed by atoms with Crippen LogP contribution in [0.1, 0.15) is 25.1 Å². The number of rotatable bonds is 4. The van der Waals surface area contributed by atoms with Gasteiger partial charge >= 0.3 is 0 Å². The maximum absolute atomic E-state index is 6.83. The summed E-state index contributed by atoms with van der Waals surface area (Å²) in [5.74, 6) is 0.507. The number of hydrogen-bond donors (Lipinski definition) is 4. The molecular formula is C24H31N9O. The van der Waals surface area contributed by atoms with Crippen LogP contribution in [-0.4, -0.2) is 65.1 Å². The van der Waals surface area contributed by atoms with E-state index in [2.05, 4.69) is 63.7 Å². The van der Waals surface area contributed by atoms with Crippen LogP contribution in [-0.2, 0) is 11.3 Å². The fraction of sp³-hybridized carbons (Fsp3) is 0.375. The molecule has 3 aromatic rings. The van der Waals surface area contributed by atoms with E-state index in [1.165, 1.54) is 0 Å². The molecule has 1 saturated heterocycles. The van der Waals surface area contributed by atoms with Crippen molar-refractivity contribution in [1.29, 1.82) is 0 Å². The summed E-state index contributed by atoms with van der Waals surface area (Å²) < 4.78 is 5.48. The van der Waals surface area contributed by atoms with Crippen molar-refractivity contribution in [2.75, 3.05) is 33.2 Å². The summed E-state index contributed by atoms with van der Waals surface area (Å²) in [5.41, 5.74) is 8.78. The molecule has 4 heterocycles. The van der Waals surface area contributed by atoms with Gasteiger partial charge in [-0.1, -0.05) is 30.3 Å². The minimum atomic E-state index is -1.38. The first-order valence-corrected chi connectivity index (χ1v) is 11.4. The highest BCUT2D eigenvalue weighted by Crippen LogP contribution is 2.28. The van der Waals surface area contributed by atoms with Crippen molar-refractivity contribution in [1.82, 2.24) is 30.6 Å². The summed E-state index contributed by atoms with van der Waals surface area (Å²) in [6.07, 6.45) is 1.61. The fourth-order valence-electron chi connectivity index (χ4n) is 4.15. The van der Waals surface area contributed by atoms with Gasteiger partial charge in [0, 0.05) is 26.2 Å². The van der Waals surface area contributed by atoms with Gasteiger partial charge in [-0.3, -0.25) is 16.1 Å². The molecule has 1 fully saturated rings. The number of H-pyrrole nitrogens is 1. The van der Waals surface area contributed by atoms with Crippen LogP contribution in [0, 0.1) is 0 Å². The predicted octanol–water partition coefficient (Wildman–Crippen LogP) is 1.83. The lowest BCUT2D eigenvalue weighted by molar-refractivity contribution is 0.210. The average Bonchev–Trinajstić information content (AvgIpc) is 3.52. The zero-order valence-corrected chi connectivity index (χ0v) is 19.7. The van der Waals surface area contributed by atoms with E-state index in [0.717, 1.165) is 31.7 Å². The molecule has 0 aliphatic carbocycles. The summed E-state index contributed by atoms with van der Waals surface area (Å²) in [6.45, 7) is 7.79. The number of nitrogens with one attached hydrogen (secondary N) is 3. The molecule has 1 aromatic carbocycles. The Balaban J connectivity index is 1.49. The maximum atomic E-state index is 6.83. The van der Waals surface area contributed by atoms with E-state index >= 15 is 0 Å². The van der Waals surface area contributed by atoms with E-state index in [1.807, 2.05) is 36.4 Å². The number of aromatic nitrogens is 2. The van der Waals surface area contributed by atoms with Gasteiger partial charge in [0.2, 0.25) is 11.9 Å². The van der Waals surface area contributed by atoms with Crippen LogP contribution in [0.5, 0.6) is 0 Å². The third-order valence-corrected chi connectivity index (χ3v) is 6.27. The molecule has 2 aliphatic rings. The van der Waals surface area contributed by atoms with E-state index in [1.54, 1.807) is 6.26 Å². The van der Waals surface area contributed by atoms with Crippen LogP contribution < -0.4 is 16.4 Å². The van der Waals surface area contributed by atoms with Gasteiger partial charge < -0.3 is 19.5 Å². The molecule has 1 unspecified atom stereocenters. The molecular weight excluding hydrogens is 430 g/mol. The third-order valence-electron chi connectivity index (χ3n) is 6.27. The molecule has 0 amide bonds. The van der Waals surface area contributed by atoms with E-state index in [-0.39, 0.29) is 0 Å². The number of nitrogens with two attached hydrogens (primary N) is 1. The van der Waals surface area contributed by atoms with Crippen LogP contribution in [0.15, 0.2) is 69.2 Å². The molecule has 2 aliphatic heterocycles. The van der Waals surface area contributed by atoms with Crippen LogP contribution in [0.2, 0.25) is 0 Å². The Kier molecular flexibility index (Phi) is 5.62. The molecule has 5 rings (SSSR count). The Morgan fingerprint density at radius 3 is 2.53 bits per heavy atom. The van der Waals surface area contributed by atoms with Crippen molar-refractivity contribution in [3.05, 3.63) is 66.1 Å². The lowest BCUT2D eigenvalue weighted by atomic mass is 9.94. The highest BCUT2D eigenvalue weighted by molar-refractivity contribution is 6.00. The van der Waals surface area contributed by atoms with Gasteiger partial charge in [-0.15, -0.1) is 0 Å². The molecule has 1 atom stereocenters. The van der Waals surface area contributed by atoms with Gasteiger partial charge in [0.1, 0.15) is 11.4 Å². The second kappa shape index (κ2) is 8.62. The van der Waals surface area contributed by atoms with Gasteiger partial charge in [-0.25, -0.2) is 9.98 Å². The number of nitrogens with zero attached hydrogens (tertiary/aromatic N) is 5. The number of furan rings is 1. The molecule has 10 heteroatoms. The first-order valence-electron chi connectivity index (χ1n) is 11.4. The van der Waals surface area contributed by atoms with E-state index in [4.69, 9.17) is 20.1 Å². The van der Waals surface area contributed by atoms with Crippen molar-refractivity contribution >= 4 is 11.9 Å². The Bertz CT molecular complexity index is 1170. The molecule has 0 spiro atoms. The molecule has 5 N–H and O–H groups in total. The van der Waals surface area contributed by atoms with Gasteiger partial charge in [-0.05, 0) is 44.7 Å². The average molecular weight is 462 g/mol. The number of benzene rings is 1. The quantitative estimate of drug-likeness (QED) is 0.467. The number of aliphatic imine (C=N–C) groups is 2. The SMILES string of the molecule is CN1CCN(C2=NC(N)(c3cc(-c4ccco4)n[nH]3)N=C(NC(C)(C)c3ccccc3)N2)CC1. The van der Waals surface area contributed by atoms with E-state index in [0.29, 0.717) is 29.1 Å². The summed E-state index contributed by atoms with van der Waals surface area (Å²) in [6, 6.07) is 15.7. The number of guanidine groups is 2. The van der Waals surface area contributed by atoms with Crippen LogP contribution in [0.25, 0.3) is 11.5 Å². The molecule has 10 nitrogen and oxygen atoms in total. The molecule has 0 radical (unpaired) electrons. The fourth-order valence-corrected chi connectivity index (χ4v) is 4.15. The number of piperazine rings is 1. The van der Waals surface area contributed by atoms with Crippen LogP contribution in [0.4, 0.5) is 0 Å². The smallest absolute Gasteiger partial charge is 0.252 e. The molecule has 178 valence electrons. The number of hydrogen-bond acceptors (Lipinski definition) is 9. The predicted molar refractivity (Wildman–Crippen MR) is 132 cm³/mol. The zero-order valence-electron chi connectivity index (χ0n) is 19.7. The van der Waals surface area contributed by atoms with Crippen molar-refractivity contribution in [3.63, 3.8) is 0 Å². The Morgan fingerprint density at radius 1 is 1.06 bits per heavy atom. The minimum Gasteiger partial charge on any atom is -0.463 e. The van der Waals surface area contributed by atoms with Gasteiger partial charge in [0.25, 0.3) is 5.79 Å². The number of aromatic amines is 1. The lowest BCUT2D eigenvalue weighted by Gasteiger charge is -2.39. The molecule has 34 heavy (non-hydrogen) atoms. The Labute approximate surface area is 198 Å². The van der Waals surface area contributed by atoms with Crippen molar-refractivity contribution in [2.45, 2.75) is 25.2 Å². The monoisotopic (exact) mass is 461 g/mol. The second-order valence-corrected chi connectivity index (χ2v) is 9.30. The Morgan fingerprint density at radius 2 is 1.82 bits per heavy atom. The van der Waals surface area contributed by atoms with Crippen LogP contribution in [0.3, 0.4) is 0 Å². The summed E-state index contributed by atoms with van der Waals surface area (Å²) in [5, 5.41) is 14.3. The molecule has 2 aromatic heterocycles. The first kappa shape index (κ1) is 22.2. The van der Waals surface area contributed by atoms with Crippen molar-refractivity contribution in [2.24, 2.45) is 15.7 Å². The minimum absolute atomic E-state index is 0.397. The molecule has 0 bridgehead atoms. The summed E-state index contributed by atoms with van der Waals surface area (Å²) in [7, 11) is 2.12. The second-order valence-electron chi connectivity index (χ2n) is 9.30. The van der Waals surface area contributed by atoms with Crippen LogP contribution >= 0.6 is 0 Å². The number of likely N-dealkylation sites (N-methyl/N-ethyl adjacent to an activating group) is 1. The van der Waals surface area contributed by atoms with Gasteiger partial charge in [0.15, 0.2) is 5.76 Å². The van der Waals surface area contributed by atoms with Gasteiger partial charge in [0.05, 0.1) is 11.8 Å². The first-order chi connectivity index (χ1) is 16.3. The summed E-state index contributed by atoms with van der Waals surface area (Å²) in [4.78, 5) is 14.1. The van der Waals surface area contributed by atoms with E-state index < -0.39 is 11.3 Å². The topological polar surface area (TPSA) is 123 Å². The van der Waals surface area contributed by atoms with Gasteiger partial charge in [-0.2, -0.15) is 5.10 Å². The Hall–Kier alpha value is -3.63. The normalized spacial score (nSPS) is 21.6. The summed E-state index contributed by atoms with van der Waals surface area (Å²) >= 11 is 0.